The van der Waals surface area contributed by atoms with Gasteiger partial charge in [-0.25, -0.2) is 9.18 Å². The number of amides is 1. The predicted octanol–water partition coefficient (Wildman–Crippen LogP) is 2.81. The Kier molecular flexibility index (Phi) is 5.45. The molecular formula is C21H25FN4O2. The lowest BCUT2D eigenvalue weighted by molar-refractivity contribution is 0.0635. The van der Waals surface area contributed by atoms with Gasteiger partial charge in [-0.15, -0.1) is 0 Å². The van der Waals surface area contributed by atoms with Crippen LogP contribution in [-0.4, -0.2) is 56.7 Å². The normalized spacial score (nSPS) is 23.1. The van der Waals surface area contributed by atoms with Crippen molar-refractivity contribution in [2.75, 3.05) is 43.0 Å². The Morgan fingerprint density at radius 3 is 2.43 bits per heavy atom. The smallest absolute Gasteiger partial charge is 0.416 e. The monoisotopic (exact) mass is 384 g/mol. The Labute approximate surface area is 164 Å². The largest absolute Gasteiger partial charge is 0.428 e. The van der Waals surface area contributed by atoms with Crippen LogP contribution in [0.15, 0.2) is 54.6 Å². The van der Waals surface area contributed by atoms with Crippen molar-refractivity contribution in [3.05, 3.63) is 60.2 Å². The molecule has 0 aliphatic carbocycles. The Hall–Kier alpha value is -2.64. The summed E-state index contributed by atoms with van der Waals surface area (Å²) in [5.74, 6) is 0. The van der Waals surface area contributed by atoms with Gasteiger partial charge in [0.1, 0.15) is 0 Å². The molecule has 2 heterocycles. The lowest BCUT2D eigenvalue weighted by Gasteiger charge is -2.39. The summed E-state index contributed by atoms with van der Waals surface area (Å²) in [5.41, 5.74) is 2.73. The van der Waals surface area contributed by atoms with Gasteiger partial charge in [0.15, 0.2) is 12.5 Å². The van der Waals surface area contributed by atoms with E-state index in [-0.39, 0.29) is 18.9 Å². The highest BCUT2D eigenvalue weighted by atomic mass is 19.1. The Morgan fingerprint density at radius 2 is 1.75 bits per heavy atom. The fraction of sp³-hybridized carbons (Fsp3) is 0.381. The highest BCUT2D eigenvalue weighted by Gasteiger charge is 2.35. The number of para-hydroxylation sites is 2. The average molecular weight is 384 g/mol. The van der Waals surface area contributed by atoms with Crippen molar-refractivity contribution >= 4 is 17.5 Å². The van der Waals surface area contributed by atoms with Crippen molar-refractivity contribution in [2.45, 2.75) is 19.1 Å². The highest BCUT2D eigenvalue weighted by Crippen LogP contribution is 2.33. The zero-order valence-corrected chi connectivity index (χ0v) is 15.9. The average Bonchev–Trinajstić information content (AvgIpc) is 3.11. The van der Waals surface area contributed by atoms with Gasteiger partial charge in [0, 0.05) is 19.6 Å². The molecule has 4 rings (SSSR count). The quantitative estimate of drug-likeness (QED) is 0.804. The first-order valence-electron chi connectivity index (χ1n) is 9.57. The van der Waals surface area contributed by atoms with Crippen LogP contribution in [0.4, 0.5) is 20.6 Å². The molecule has 0 spiro atoms. The number of hydrogen-bond donors (Lipinski definition) is 1. The Morgan fingerprint density at radius 1 is 1.04 bits per heavy atom. The van der Waals surface area contributed by atoms with E-state index < -0.39 is 6.30 Å². The third-order valence-electron chi connectivity index (χ3n) is 5.30. The van der Waals surface area contributed by atoms with Gasteiger partial charge >= 0.3 is 6.09 Å². The summed E-state index contributed by atoms with van der Waals surface area (Å²) >= 11 is 0. The molecule has 6 nitrogen and oxygen atoms in total. The van der Waals surface area contributed by atoms with E-state index in [9.17, 15) is 9.18 Å². The number of cyclic esters (lactones) is 1. The van der Waals surface area contributed by atoms with Crippen LogP contribution in [0.25, 0.3) is 0 Å². The predicted molar refractivity (Wildman–Crippen MR) is 107 cm³/mol. The fourth-order valence-electron chi connectivity index (χ4n) is 3.76. The Balaban J connectivity index is 1.48. The van der Waals surface area contributed by atoms with Crippen LogP contribution >= 0.6 is 0 Å². The molecule has 1 amide bonds. The number of alkyl halides is 1. The number of halogens is 1. The lowest BCUT2D eigenvalue weighted by atomic mass is 10.1. The van der Waals surface area contributed by atoms with E-state index in [4.69, 9.17) is 4.74 Å². The van der Waals surface area contributed by atoms with Gasteiger partial charge in [-0.2, -0.15) is 0 Å². The number of ether oxygens (including phenoxy) is 1. The number of benzene rings is 2. The molecule has 1 N–H and O–H groups in total. The van der Waals surface area contributed by atoms with Crippen LogP contribution in [0.2, 0.25) is 0 Å². The van der Waals surface area contributed by atoms with E-state index in [1.165, 1.54) is 0 Å². The minimum Gasteiger partial charge on any atom is -0.428 e. The molecule has 2 aliphatic heterocycles. The molecule has 2 saturated heterocycles. The van der Waals surface area contributed by atoms with Crippen LogP contribution in [0.3, 0.4) is 0 Å². The number of carbonyl (C=O) groups excluding carboxylic acids is 1. The van der Waals surface area contributed by atoms with Crippen LogP contribution < -0.4 is 15.1 Å². The molecule has 2 aromatic rings. The van der Waals surface area contributed by atoms with Gasteiger partial charge in [0.05, 0.1) is 24.5 Å². The molecule has 2 atom stereocenters. The maximum Gasteiger partial charge on any atom is 0.416 e. The van der Waals surface area contributed by atoms with Crippen molar-refractivity contribution < 1.29 is 13.9 Å². The highest BCUT2D eigenvalue weighted by molar-refractivity contribution is 5.94. The third kappa shape index (κ3) is 3.81. The summed E-state index contributed by atoms with van der Waals surface area (Å²) in [5, 5.41) is 2.96. The first-order valence-corrected chi connectivity index (χ1v) is 9.57. The van der Waals surface area contributed by atoms with Crippen LogP contribution in [0.5, 0.6) is 0 Å². The lowest BCUT2D eigenvalue weighted by Crippen LogP contribution is -2.51. The zero-order valence-electron chi connectivity index (χ0n) is 15.9. The van der Waals surface area contributed by atoms with Crippen molar-refractivity contribution in [2.24, 2.45) is 0 Å². The van der Waals surface area contributed by atoms with Gasteiger partial charge in [-0.3, -0.25) is 15.1 Å². The summed E-state index contributed by atoms with van der Waals surface area (Å²) in [4.78, 5) is 17.7. The molecule has 148 valence electrons. The van der Waals surface area contributed by atoms with Gasteiger partial charge in [0.2, 0.25) is 0 Å². The summed E-state index contributed by atoms with van der Waals surface area (Å²) in [6, 6.07) is 17.6. The van der Waals surface area contributed by atoms with E-state index in [0.29, 0.717) is 26.2 Å². The van der Waals surface area contributed by atoms with Gasteiger partial charge in [-0.1, -0.05) is 42.5 Å². The van der Waals surface area contributed by atoms with E-state index >= 15 is 0 Å². The van der Waals surface area contributed by atoms with Crippen molar-refractivity contribution in [3.8, 4) is 0 Å². The third-order valence-corrected chi connectivity index (χ3v) is 5.30. The van der Waals surface area contributed by atoms with Gasteiger partial charge in [-0.05, 0) is 24.7 Å². The zero-order chi connectivity index (χ0) is 19.5. The number of anilines is 2. The molecular weight excluding hydrogens is 359 g/mol. The summed E-state index contributed by atoms with van der Waals surface area (Å²) < 4.78 is 20.2. The van der Waals surface area contributed by atoms with E-state index in [1.807, 2.05) is 64.4 Å². The topological polar surface area (TPSA) is 48.0 Å². The molecule has 1 unspecified atom stereocenters. The van der Waals surface area contributed by atoms with E-state index in [2.05, 4.69) is 5.32 Å². The number of piperazine rings is 1. The molecule has 0 bridgehead atoms. The van der Waals surface area contributed by atoms with Crippen LogP contribution in [0, 0.1) is 0 Å². The first kappa shape index (κ1) is 18.7. The minimum atomic E-state index is -1.07. The molecule has 0 aromatic heterocycles. The molecule has 2 aliphatic rings. The summed E-state index contributed by atoms with van der Waals surface area (Å²) in [7, 11) is 1.76. The van der Waals surface area contributed by atoms with Gasteiger partial charge < -0.3 is 9.64 Å². The van der Waals surface area contributed by atoms with E-state index in [0.717, 1.165) is 16.9 Å². The first-order chi connectivity index (χ1) is 13.7. The van der Waals surface area contributed by atoms with Crippen LogP contribution in [0.1, 0.15) is 5.56 Å². The minimum absolute atomic E-state index is 0.266. The molecule has 7 heteroatoms. The molecule has 0 radical (unpaired) electrons. The Bertz CT molecular complexity index is 819. The maximum absolute atomic E-state index is 14.9. The number of likely N-dealkylation sites (N-methyl/N-ethyl adjacent to an activating group) is 1. The van der Waals surface area contributed by atoms with Crippen molar-refractivity contribution in [3.63, 3.8) is 0 Å². The van der Waals surface area contributed by atoms with E-state index in [1.54, 1.807) is 11.9 Å². The maximum atomic E-state index is 14.9. The second-order valence-corrected chi connectivity index (χ2v) is 7.10. The molecule has 28 heavy (non-hydrogen) atoms. The summed E-state index contributed by atoms with van der Waals surface area (Å²) in [6.45, 7) is 2.61. The SMILES string of the molecule is CNC1CN(c2ccccc2N2CCN(Cc3ccccc3)[C@@H](F)C2)C(=O)O1. The number of nitrogens with one attached hydrogen (secondary N) is 1. The molecule has 0 saturated carbocycles. The second-order valence-electron chi connectivity index (χ2n) is 7.10. The second kappa shape index (κ2) is 8.16. The fourth-order valence-corrected chi connectivity index (χ4v) is 3.76. The van der Waals surface area contributed by atoms with Gasteiger partial charge in [0.25, 0.3) is 0 Å². The number of hydrogen-bond acceptors (Lipinski definition) is 5. The number of carbonyl (C=O) groups is 1. The molecule has 2 aromatic carbocycles. The summed E-state index contributed by atoms with van der Waals surface area (Å²) in [6.07, 6.45) is -1.79. The van der Waals surface area contributed by atoms with Crippen molar-refractivity contribution in [1.29, 1.82) is 0 Å². The standard InChI is InChI=1S/C21H25FN4O2/c1-23-20-15-26(21(27)28-20)18-10-6-5-9-17(18)24-11-12-25(19(22)14-24)13-16-7-3-2-4-8-16/h2-10,19-20,23H,11-15H2,1H3/t19-,20?/m1/s1. The van der Waals surface area contributed by atoms with Crippen LogP contribution in [-0.2, 0) is 11.3 Å². The van der Waals surface area contributed by atoms with Crippen molar-refractivity contribution in [1.82, 2.24) is 10.2 Å². The number of nitrogens with zero attached hydrogens (tertiary/aromatic N) is 3. The molecule has 2 fully saturated rings. The number of rotatable bonds is 5.